The van der Waals surface area contributed by atoms with Crippen LogP contribution in [0.3, 0.4) is 0 Å². The Morgan fingerprint density at radius 1 is 0.392 bits per heavy atom. The molecule has 0 aromatic rings. The molecule has 0 aliphatic heterocycles. The SMILES string of the molecule is CC/C=C\C/C=C\C/C=C\C/C=C\CCCCCCCCC(=O)OCC(COP(=O)(O)OCC(CO)OC(=O)CCCCCCC/C=C\C/C=C\CCC)OC(=O)CCCCCCC/C=C\C/C=C\CCCCC. The molecular formula is C62H105O11P. The first kappa shape index (κ1) is 70.4. The molecule has 0 rings (SSSR count). The molecule has 0 aliphatic carbocycles. The maximum Gasteiger partial charge on any atom is 0.472 e. The number of carbonyl (C=O) groups excluding carboxylic acids is 3. The molecule has 0 aromatic carbocycles. The summed E-state index contributed by atoms with van der Waals surface area (Å²) in [6.07, 6.45) is 65.0. The zero-order valence-corrected chi connectivity index (χ0v) is 47.7. The van der Waals surface area contributed by atoms with Crippen LogP contribution in [-0.4, -0.2) is 66.5 Å². The average molecular weight is 1060 g/mol. The number of aliphatic hydroxyl groups is 1. The summed E-state index contributed by atoms with van der Waals surface area (Å²) in [6, 6.07) is 0. The van der Waals surface area contributed by atoms with Gasteiger partial charge in [-0.25, -0.2) is 4.57 Å². The third kappa shape index (κ3) is 53.2. The van der Waals surface area contributed by atoms with Crippen molar-refractivity contribution in [2.24, 2.45) is 0 Å². The van der Waals surface area contributed by atoms with Crippen LogP contribution in [0.2, 0.25) is 0 Å². The first-order chi connectivity index (χ1) is 36.2. The van der Waals surface area contributed by atoms with E-state index >= 15 is 0 Å². The fraction of sp³-hybridized carbons (Fsp3) is 0.694. The first-order valence-corrected chi connectivity index (χ1v) is 30.6. The topological polar surface area (TPSA) is 155 Å². The van der Waals surface area contributed by atoms with E-state index in [4.69, 9.17) is 23.3 Å². The Bertz CT molecular complexity index is 1610. The van der Waals surface area contributed by atoms with Crippen LogP contribution in [0.5, 0.6) is 0 Å². The van der Waals surface area contributed by atoms with Crippen molar-refractivity contribution >= 4 is 25.7 Å². The largest absolute Gasteiger partial charge is 0.472 e. The second-order valence-corrected chi connectivity index (χ2v) is 20.5. The third-order valence-corrected chi connectivity index (χ3v) is 12.9. The van der Waals surface area contributed by atoms with Gasteiger partial charge in [0.1, 0.15) is 12.7 Å². The summed E-state index contributed by atoms with van der Waals surface area (Å²) in [4.78, 5) is 48.5. The maximum absolute atomic E-state index is 12.9. The Morgan fingerprint density at radius 3 is 1.14 bits per heavy atom. The molecule has 0 bridgehead atoms. The molecule has 0 aromatic heterocycles. The highest BCUT2D eigenvalue weighted by Crippen LogP contribution is 2.43. The smallest absolute Gasteiger partial charge is 0.462 e. The van der Waals surface area contributed by atoms with Crippen molar-refractivity contribution in [2.45, 2.75) is 251 Å². The molecule has 0 fully saturated rings. The number of unbranched alkanes of at least 4 members (excludes halogenated alkanes) is 20. The molecule has 74 heavy (non-hydrogen) atoms. The number of esters is 3. The summed E-state index contributed by atoms with van der Waals surface area (Å²) in [7, 11) is -4.76. The lowest BCUT2D eigenvalue weighted by Gasteiger charge is -2.21. The van der Waals surface area contributed by atoms with Crippen LogP contribution in [0.25, 0.3) is 0 Å². The Hall–Kier alpha value is -3.60. The summed E-state index contributed by atoms with van der Waals surface area (Å²) in [6.45, 7) is 4.39. The Kier molecular flexibility index (Phi) is 52.9. The minimum atomic E-state index is -4.76. The lowest BCUT2D eigenvalue weighted by Crippen LogP contribution is -2.30. The number of hydrogen-bond acceptors (Lipinski definition) is 10. The zero-order chi connectivity index (χ0) is 54.1. The van der Waals surface area contributed by atoms with E-state index in [0.717, 1.165) is 161 Å². The third-order valence-electron chi connectivity index (χ3n) is 11.9. The normalized spacial score (nSPS) is 14.1. The second-order valence-electron chi connectivity index (χ2n) is 19.1. The quantitative estimate of drug-likeness (QED) is 0.0197. The summed E-state index contributed by atoms with van der Waals surface area (Å²) in [5, 5.41) is 9.81. The van der Waals surface area contributed by atoms with Gasteiger partial charge in [0.15, 0.2) is 6.10 Å². The first-order valence-electron chi connectivity index (χ1n) is 29.1. The number of allylic oxidation sites excluding steroid dienone is 16. The van der Waals surface area contributed by atoms with Crippen LogP contribution < -0.4 is 0 Å². The van der Waals surface area contributed by atoms with E-state index < -0.39 is 57.8 Å². The van der Waals surface area contributed by atoms with Gasteiger partial charge in [0.25, 0.3) is 0 Å². The van der Waals surface area contributed by atoms with E-state index in [1.165, 1.54) is 19.3 Å². The molecule has 11 nitrogen and oxygen atoms in total. The van der Waals surface area contributed by atoms with Crippen LogP contribution >= 0.6 is 7.82 Å². The minimum absolute atomic E-state index is 0.143. The van der Waals surface area contributed by atoms with Crippen molar-refractivity contribution in [1.29, 1.82) is 0 Å². The number of aliphatic hydroxyl groups excluding tert-OH is 1. The van der Waals surface area contributed by atoms with Gasteiger partial charge in [0, 0.05) is 19.3 Å². The van der Waals surface area contributed by atoms with Gasteiger partial charge in [-0.2, -0.15) is 0 Å². The zero-order valence-electron chi connectivity index (χ0n) is 46.8. The predicted molar refractivity (Wildman–Crippen MR) is 307 cm³/mol. The Labute approximate surface area is 451 Å². The molecule has 2 N–H and O–H groups in total. The fourth-order valence-corrected chi connectivity index (χ4v) is 8.32. The standard InChI is InChI=1S/C62H105O11P/c1-4-7-10-13-16-19-22-25-27-28-29-30-32-34-36-39-42-45-48-51-60(64)69-55-59(73-62(66)53-50-47-44-41-38-35-31-26-23-20-17-14-11-8-5-2)57-71-74(67,68)70-56-58(54-63)72-61(65)52-49-46-43-40-37-33-24-21-18-15-12-9-6-3/h7,10,12,15-17,19-21,24-27,29-31,58-59,63H,4-6,8-9,11,13-14,18,22-23,28,32-57H2,1-3H3,(H,67,68)/b10-7-,15-12-,19-16-,20-17-,24-21-,27-25-,30-29-,31-26-. The summed E-state index contributed by atoms with van der Waals surface area (Å²) >= 11 is 0. The van der Waals surface area contributed by atoms with Gasteiger partial charge >= 0.3 is 25.7 Å². The molecule has 12 heteroatoms. The van der Waals surface area contributed by atoms with E-state index in [9.17, 15) is 28.9 Å². The van der Waals surface area contributed by atoms with E-state index in [2.05, 4.69) is 118 Å². The van der Waals surface area contributed by atoms with Crippen LogP contribution in [0.4, 0.5) is 0 Å². The van der Waals surface area contributed by atoms with Gasteiger partial charge in [-0.15, -0.1) is 0 Å². The van der Waals surface area contributed by atoms with Crippen LogP contribution in [-0.2, 0) is 42.2 Å². The molecule has 0 amide bonds. The maximum atomic E-state index is 12.9. The lowest BCUT2D eigenvalue weighted by molar-refractivity contribution is -0.161. The number of phosphoric ester groups is 1. The molecule has 0 saturated heterocycles. The van der Waals surface area contributed by atoms with E-state index in [0.29, 0.717) is 19.3 Å². The Morgan fingerprint density at radius 2 is 0.730 bits per heavy atom. The minimum Gasteiger partial charge on any atom is -0.462 e. The van der Waals surface area contributed by atoms with E-state index in [1.807, 2.05) is 0 Å². The lowest BCUT2D eigenvalue weighted by atomic mass is 10.1. The van der Waals surface area contributed by atoms with Crippen LogP contribution in [0, 0.1) is 0 Å². The molecule has 0 radical (unpaired) electrons. The van der Waals surface area contributed by atoms with Crippen molar-refractivity contribution in [3.8, 4) is 0 Å². The molecular weight excluding hydrogens is 952 g/mol. The highest BCUT2D eigenvalue weighted by molar-refractivity contribution is 7.47. The number of rotatable bonds is 53. The van der Waals surface area contributed by atoms with Crippen LogP contribution in [0.15, 0.2) is 97.2 Å². The van der Waals surface area contributed by atoms with Crippen molar-refractivity contribution in [3.63, 3.8) is 0 Å². The van der Waals surface area contributed by atoms with Gasteiger partial charge in [0.05, 0.1) is 19.8 Å². The average Bonchev–Trinajstić information content (AvgIpc) is 3.39. The fourth-order valence-electron chi connectivity index (χ4n) is 7.53. The number of hydrogen-bond donors (Lipinski definition) is 2. The van der Waals surface area contributed by atoms with Gasteiger partial charge in [-0.3, -0.25) is 23.4 Å². The second kappa shape index (κ2) is 55.6. The molecule has 0 spiro atoms. The molecule has 0 heterocycles. The van der Waals surface area contributed by atoms with Gasteiger partial charge < -0.3 is 24.2 Å². The van der Waals surface area contributed by atoms with Crippen LogP contribution in [0.1, 0.15) is 239 Å². The van der Waals surface area contributed by atoms with E-state index in [1.54, 1.807) is 0 Å². The number of phosphoric acid groups is 1. The van der Waals surface area contributed by atoms with Crippen molar-refractivity contribution in [1.82, 2.24) is 0 Å². The van der Waals surface area contributed by atoms with Gasteiger partial charge in [0.2, 0.25) is 0 Å². The number of carbonyl (C=O) groups is 3. The van der Waals surface area contributed by atoms with Crippen molar-refractivity contribution in [2.75, 3.05) is 26.4 Å². The van der Waals surface area contributed by atoms with E-state index in [-0.39, 0.29) is 25.9 Å². The predicted octanol–water partition coefficient (Wildman–Crippen LogP) is 17.3. The summed E-state index contributed by atoms with van der Waals surface area (Å²) in [5.41, 5.74) is 0. The summed E-state index contributed by atoms with van der Waals surface area (Å²) < 4.78 is 39.5. The summed E-state index contributed by atoms with van der Waals surface area (Å²) in [5.74, 6) is -1.52. The number of ether oxygens (including phenoxy) is 3. The van der Waals surface area contributed by atoms with Gasteiger partial charge in [-0.1, -0.05) is 201 Å². The molecule has 3 atom stereocenters. The monoisotopic (exact) mass is 1060 g/mol. The highest BCUT2D eigenvalue weighted by Gasteiger charge is 2.28. The highest BCUT2D eigenvalue weighted by atomic mass is 31.2. The molecule has 3 unspecified atom stereocenters. The molecule has 0 aliphatic rings. The Balaban J connectivity index is 4.78. The molecule has 424 valence electrons. The molecule has 0 saturated carbocycles. The van der Waals surface area contributed by atoms with Crippen molar-refractivity contribution < 1.29 is 52.2 Å². The van der Waals surface area contributed by atoms with Crippen molar-refractivity contribution in [3.05, 3.63) is 97.2 Å². The van der Waals surface area contributed by atoms with Gasteiger partial charge in [-0.05, 0) is 116 Å².